The van der Waals surface area contributed by atoms with Gasteiger partial charge in [0.15, 0.2) is 0 Å². The van der Waals surface area contributed by atoms with Crippen molar-refractivity contribution in [1.29, 1.82) is 0 Å². The summed E-state index contributed by atoms with van der Waals surface area (Å²) in [6.07, 6.45) is 5.87. The number of benzene rings is 1. The smallest absolute Gasteiger partial charge is 0.0754 e. The van der Waals surface area contributed by atoms with Crippen LogP contribution in [-0.4, -0.2) is 23.3 Å². The van der Waals surface area contributed by atoms with E-state index in [9.17, 15) is 0 Å². The number of nitrogens with two attached hydrogens (primary N) is 1. The molecule has 1 aromatic heterocycles. The number of ether oxygens (including phenoxy) is 1. The van der Waals surface area contributed by atoms with E-state index >= 15 is 0 Å². The summed E-state index contributed by atoms with van der Waals surface area (Å²) in [6, 6.07) is 9.06. The van der Waals surface area contributed by atoms with Gasteiger partial charge in [-0.25, -0.2) is 0 Å². The molecule has 2 N–H and O–H groups in total. The van der Waals surface area contributed by atoms with Crippen molar-refractivity contribution < 1.29 is 4.74 Å². The second kappa shape index (κ2) is 5.35. The Bertz CT molecular complexity index is 553. The average molecular weight is 258 g/mol. The highest BCUT2D eigenvalue weighted by atomic mass is 16.5. The van der Waals surface area contributed by atoms with Gasteiger partial charge in [0.25, 0.3) is 0 Å². The lowest BCUT2D eigenvalue weighted by Gasteiger charge is -2.12. The van der Waals surface area contributed by atoms with E-state index in [-0.39, 0.29) is 6.04 Å². The molecule has 1 aromatic carbocycles. The molecule has 3 heteroatoms. The molecule has 3 nitrogen and oxygen atoms in total. The maximum atomic E-state index is 5.86. The van der Waals surface area contributed by atoms with Crippen LogP contribution in [0.3, 0.4) is 0 Å². The van der Waals surface area contributed by atoms with Crippen molar-refractivity contribution in [3.63, 3.8) is 0 Å². The normalized spacial score (nSPS) is 21.1. The van der Waals surface area contributed by atoms with E-state index in [1.165, 1.54) is 29.3 Å². The molecule has 19 heavy (non-hydrogen) atoms. The maximum absolute atomic E-state index is 5.86. The van der Waals surface area contributed by atoms with Gasteiger partial charge in [0.05, 0.1) is 6.10 Å². The average Bonchev–Trinajstić information content (AvgIpc) is 2.99. The van der Waals surface area contributed by atoms with Gasteiger partial charge in [0, 0.05) is 30.9 Å². The van der Waals surface area contributed by atoms with Gasteiger partial charge in [-0.15, -0.1) is 0 Å². The molecule has 0 bridgehead atoms. The first-order valence-electron chi connectivity index (χ1n) is 7.17. The van der Waals surface area contributed by atoms with Gasteiger partial charge in [-0.05, 0) is 55.3 Å². The highest BCUT2D eigenvalue weighted by Crippen LogP contribution is 2.21. The van der Waals surface area contributed by atoms with Gasteiger partial charge >= 0.3 is 0 Å². The molecule has 0 aliphatic carbocycles. The quantitative estimate of drug-likeness (QED) is 0.916. The second-order valence-electron chi connectivity index (χ2n) is 5.68. The molecule has 1 saturated heterocycles. The standard InChI is InChI=1S/C16H22N2O/c1-12(17)9-13-4-5-16-14(10-13)6-7-18(16)11-15-3-2-8-19-15/h4-7,10,12,15H,2-3,8-9,11,17H2,1H3. The number of fused-ring (bicyclic) bond motifs is 1. The van der Waals surface area contributed by atoms with Gasteiger partial charge in [0.2, 0.25) is 0 Å². The van der Waals surface area contributed by atoms with Crippen molar-refractivity contribution in [2.75, 3.05) is 6.61 Å². The van der Waals surface area contributed by atoms with E-state index < -0.39 is 0 Å². The molecule has 0 saturated carbocycles. The minimum atomic E-state index is 0.214. The van der Waals surface area contributed by atoms with E-state index in [0.29, 0.717) is 6.10 Å². The first kappa shape index (κ1) is 12.7. The molecule has 3 rings (SSSR count). The molecule has 102 valence electrons. The van der Waals surface area contributed by atoms with Gasteiger partial charge in [0.1, 0.15) is 0 Å². The highest BCUT2D eigenvalue weighted by Gasteiger charge is 2.16. The zero-order valence-electron chi connectivity index (χ0n) is 11.5. The van der Waals surface area contributed by atoms with E-state index in [0.717, 1.165) is 19.6 Å². The Balaban J connectivity index is 1.82. The fourth-order valence-corrected chi connectivity index (χ4v) is 2.92. The summed E-state index contributed by atoms with van der Waals surface area (Å²) in [5.74, 6) is 0. The summed E-state index contributed by atoms with van der Waals surface area (Å²) in [6.45, 7) is 3.94. The third-order valence-corrected chi connectivity index (χ3v) is 3.82. The molecule has 1 aliphatic heterocycles. The molecule has 2 heterocycles. The van der Waals surface area contributed by atoms with Crippen LogP contribution in [0.15, 0.2) is 30.5 Å². The third kappa shape index (κ3) is 2.82. The van der Waals surface area contributed by atoms with Crippen LogP contribution in [0.5, 0.6) is 0 Å². The lowest BCUT2D eigenvalue weighted by molar-refractivity contribution is 0.0980. The summed E-state index contributed by atoms with van der Waals surface area (Å²) < 4.78 is 8.02. The summed E-state index contributed by atoms with van der Waals surface area (Å²) in [5, 5.41) is 1.30. The largest absolute Gasteiger partial charge is 0.376 e. The van der Waals surface area contributed by atoms with Gasteiger partial charge in [-0.2, -0.15) is 0 Å². The Labute approximate surface area is 114 Å². The zero-order chi connectivity index (χ0) is 13.2. The van der Waals surface area contributed by atoms with Crippen LogP contribution in [0.4, 0.5) is 0 Å². The molecular weight excluding hydrogens is 236 g/mol. The van der Waals surface area contributed by atoms with E-state index in [1.807, 2.05) is 6.92 Å². The summed E-state index contributed by atoms with van der Waals surface area (Å²) >= 11 is 0. The number of nitrogens with zero attached hydrogens (tertiary/aromatic N) is 1. The lowest BCUT2D eigenvalue weighted by Crippen LogP contribution is -2.17. The topological polar surface area (TPSA) is 40.2 Å². The number of rotatable bonds is 4. The third-order valence-electron chi connectivity index (χ3n) is 3.82. The summed E-state index contributed by atoms with van der Waals surface area (Å²) in [7, 11) is 0. The minimum Gasteiger partial charge on any atom is -0.376 e. The van der Waals surface area contributed by atoms with Crippen molar-refractivity contribution in [3.05, 3.63) is 36.0 Å². The second-order valence-corrected chi connectivity index (χ2v) is 5.68. The number of aromatic nitrogens is 1. The molecule has 1 aliphatic rings. The van der Waals surface area contributed by atoms with Gasteiger partial charge < -0.3 is 15.0 Å². The zero-order valence-corrected chi connectivity index (χ0v) is 11.5. The van der Waals surface area contributed by atoms with Crippen LogP contribution >= 0.6 is 0 Å². The summed E-state index contributed by atoms with van der Waals surface area (Å²) in [4.78, 5) is 0. The van der Waals surface area contributed by atoms with Crippen molar-refractivity contribution in [3.8, 4) is 0 Å². The molecule has 0 spiro atoms. The van der Waals surface area contributed by atoms with Crippen LogP contribution in [0.25, 0.3) is 10.9 Å². The first-order valence-corrected chi connectivity index (χ1v) is 7.17. The van der Waals surface area contributed by atoms with Crippen molar-refractivity contribution >= 4 is 10.9 Å². The molecule has 0 amide bonds. The Morgan fingerprint density at radius 2 is 2.32 bits per heavy atom. The van der Waals surface area contributed by atoms with Crippen molar-refractivity contribution in [2.24, 2.45) is 5.73 Å². The lowest BCUT2D eigenvalue weighted by atomic mass is 10.1. The van der Waals surface area contributed by atoms with Crippen molar-refractivity contribution in [2.45, 2.75) is 44.9 Å². The first-order chi connectivity index (χ1) is 9.22. The SMILES string of the molecule is CC(N)Cc1ccc2c(ccn2CC2CCCO2)c1. The van der Waals surface area contributed by atoms with Crippen molar-refractivity contribution in [1.82, 2.24) is 4.57 Å². The summed E-state index contributed by atoms with van der Waals surface area (Å²) in [5.41, 5.74) is 8.47. The van der Waals surface area contributed by atoms with Crippen LogP contribution in [0, 0.1) is 0 Å². The van der Waals surface area contributed by atoms with Crippen LogP contribution in [-0.2, 0) is 17.7 Å². The van der Waals surface area contributed by atoms with Crippen LogP contribution in [0.2, 0.25) is 0 Å². The van der Waals surface area contributed by atoms with E-state index in [2.05, 4.69) is 35.0 Å². The fraction of sp³-hybridized carbons (Fsp3) is 0.500. The molecule has 2 atom stereocenters. The molecule has 2 unspecified atom stereocenters. The van der Waals surface area contributed by atoms with Crippen LogP contribution in [0.1, 0.15) is 25.3 Å². The Kier molecular flexibility index (Phi) is 3.58. The molecular formula is C16H22N2O. The Morgan fingerprint density at radius 3 is 3.05 bits per heavy atom. The Hall–Kier alpha value is -1.32. The van der Waals surface area contributed by atoms with Gasteiger partial charge in [-0.1, -0.05) is 6.07 Å². The monoisotopic (exact) mass is 258 g/mol. The predicted molar refractivity (Wildman–Crippen MR) is 78.3 cm³/mol. The van der Waals surface area contributed by atoms with Crippen LogP contribution < -0.4 is 5.73 Å². The maximum Gasteiger partial charge on any atom is 0.0754 e. The Morgan fingerprint density at radius 1 is 1.42 bits per heavy atom. The number of hydrogen-bond acceptors (Lipinski definition) is 2. The van der Waals surface area contributed by atoms with E-state index in [4.69, 9.17) is 10.5 Å². The fourth-order valence-electron chi connectivity index (χ4n) is 2.92. The van der Waals surface area contributed by atoms with Gasteiger partial charge in [-0.3, -0.25) is 0 Å². The van der Waals surface area contributed by atoms with E-state index in [1.54, 1.807) is 0 Å². The predicted octanol–water partition coefficient (Wildman–Crippen LogP) is 2.71. The molecule has 1 fully saturated rings. The molecule has 2 aromatic rings. The highest BCUT2D eigenvalue weighted by molar-refractivity contribution is 5.80. The minimum absolute atomic E-state index is 0.214. The number of hydrogen-bond donors (Lipinski definition) is 1. The molecule has 0 radical (unpaired) electrons.